The van der Waals surface area contributed by atoms with Crippen molar-refractivity contribution >= 4 is 28.6 Å². The standard InChI is InChI=1S/C24H32O4S/c1-14(25)29-19-13-15-12-16(26)4-8-22(15,2)17-5-9-23(3)18(21(17)19)6-10-24(23)11-7-20(27)28-24/h12,17-19,21H,4-11,13H2,1-3H3/t17-,18?,19+,21+,22-,23-,24+/m0/s1/i1+1D3. The molecule has 0 N–H and O–H groups in total. The first-order valence-corrected chi connectivity index (χ1v) is 11.9. The number of allylic oxidation sites excluding steroid dienone is 1. The molecular formula is C24H32O4S. The number of carbonyl (C=O) groups excluding carboxylic acids is 3. The zero-order chi connectivity index (χ0) is 23.1. The first kappa shape index (κ1) is 16.6. The van der Waals surface area contributed by atoms with E-state index in [2.05, 4.69) is 13.8 Å². The Hall–Kier alpha value is -1.10. The van der Waals surface area contributed by atoms with Crippen LogP contribution >= 0.6 is 11.8 Å². The first-order chi connectivity index (χ1) is 14.9. The minimum absolute atomic E-state index is 0.0812. The molecule has 0 aromatic rings. The van der Waals surface area contributed by atoms with Gasteiger partial charge >= 0.3 is 5.97 Å². The Morgan fingerprint density at radius 2 is 1.93 bits per heavy atom. The van der Waals surface area contributed by atoms with E-state index in [0.717, 1.165) is 55.9 Å². The molecule has 1 saturated heterocycles. The molecule has 0 aromatic carbocycles. The Kier molecular flexibility index (Phi) is 3.69. The van der Waals surface area contributed by atoms with Gasteiger partial charge in [-0.15, -0.1) is 0 Å². The van der Waals surface area contributed by atoms with Gasteiger partial charge < -0.3 is 4.74 Å². The summed E-state index contributed by atoms with van der Waals surface area (Å²) in [7, 11) is 0. The van der Waals surface area contributed by atoms with Crippen LogP contribution in [0.2, 0.25) is 0 Å². The molecule has 4 aliphatic carbocycles. The molecule has 0 bridgehead atoms. The van der Waals surface area contributed by atoms with Crippen LogP contribution in [-0.2, 0) is 19.1 Å². The summed E-state index contributed by atoms with van der Waals surface area (Å²) in [4.78, 5) is 37.0. The lowest BCUT2D eigenvalue weighted by Crippen LogP contribution is -2.57. The predicted octanol–water partition coefficient (Wildman–Crippen LogP) is 4.85. The summed E-state index contributed by atoms with van der Waals surface area (Å²) in [5.41, 5.74) is 0.462. The molecule has 1 spiro atoms. The molecule has 5 aliphatic rings. The SMILES string of the molecule is [2H][13C]([2H])([2H])C(=O)S[C@@H]1CC2=CC(=O)CC[C@]2(C)[C@H]2CC[C@@]3(C)C(CC[C@@]34CCC(=O)O4)[C@H]12. The van der Waals surface area contributed by atoms with Crippen LogP contribution in [0.5, 0.6) is 0 Å². The summed E-state index contributed by atoms with van der Waals surface area (Å²) in [5.74, 6) is 0.802. The van der Waals surface area contributed by atoms with Crippen molar-refractivity contribution in [2.75, 3.05) is 0 Å². The topological polar surface area (TPSA) is 60.4 Å². The summed E-state index contributed by atoms with van der Waals surface area (Å²) >= 11 is 0.987. The number of hydrogen-bond donors (Lipinski definition) is 0. The van der Waals surface area contributed by atoms with Crippen molar-refractivity contribution < 1.29 is 23.2 Å². The lowest BCUT2D eigenvalue weighted by molar-refractivity contribution is -0.167. The number of fused-ring (bicyclic) bond motifs is 6. The van der Waals surface area contributed by atoms with Crippen LogP contribution in [-0.4, -0.2) is 27.7 Å². The average molecular weight is 421 g/mol. The Morgan fingerprint density at radius 3 is 2.66 bits per heavy atom. The molecule has 0 radical (unpaired) electrons. The van der Waals surface area contributed by atoms with E-state index in [1.54, 1.807) is 6.08 Å². The third-order valence-corrected chi connectivity index (χ3v) is 10.5. The van der Waals surface area contributed by atoms with E-state index >= 15 is 0 Å². The summed E-state index contributed by atoms with van der Waals surface area (Å²) in [5, 5.41) is -0.908. The van der Waals surface area contributed by atoms with Crippen LogP contribution in [0.4, 0.5) is 0 Å². The highest BCUT2D eigenvalue weighted by Gasteiger charge is 2.68. The number of carbonyl (C=O) groups is 3. The molecular weight excluding hydrogens is 385 g/mol. The van der Waals surface area contributed by atoms with Gasteiger partial charge in [0.1, 0.15) is 5.60 Å². The van der Waals surface area contributed by atoms with Crippen molar-refractivity contribution in [1.29, 1.82) is 0 Å². The van der Waals surface area contributed by atoms with E-state index in [0.29, 0.717) is 25.2 Å². The maximum atomic E-state index is 12.6. The maximum Gasteiger partial charge on any atom is 0.306 e. The molecule has 1 aliphatic heterocycles. The van der Waals surface area contributed by atoms with Crippen LogP contribution in [0.15, 0.2) is 11.6 Å². The number of ether oxygens (including phenoxy) is 1. The number of rotatable bonds is 1. The third-order valence-electron chi connectivity index (χ3n) is 9.55. The molecule has 1 unspecified atom stereocenters. The van der Waals surface area contributed by atoms with E-state index in [9.17, 15) is 14.4 Å². The molecule has 4 nitrogen and oxygen atoms in total. The molecule has 29 heavy (non-hydrogen) atoms. The van der Waals surface area contributed by atoms with Gasteiger partial charge in [0.05, 0.1) is 0 Å². The van der Waals surface area contributed by atoms with Crippen LogP contribution in [0.1, 0.15) is 82.6 Å². The van der Waals surface area contributed by atoms with E-state index in [4.69, 9.17) is 8.85 Å². The van der Waals surface area contributed by atoms with Gasteiger partial charge in [-0.05, 0) is 74.2 Å². The van der Waals surface area contributed by atoms with Crippen molar-refractivity contribution in [3.63, 3.8) is 0 Å². The maximum absolute atomic E-state index is 12.6. The van der Waals surface area contributed by atoms with Gasteiger partial charge in [0.2, 0.25) is 0 Å². The largest absolute Gasteiger partial charge is 0.458 e. The molecule has 7 atom stereocenters. The van der Waals surface area contributed by atoms with Gasteiger partial charge in [-0.3, -0.25) is 14.4 Å². The second-order valence-corrected chi connectivity index (χ2v) is 11.7. The van der Waals surface area contributed by atoms with E-state index in [-0.39, 0.29) is 39.7 Å². The highest BCUT2D eigenvalue weighted by molar-refractivity contribution is 8.14. The van der Waals surface area contributed by atoms with Crippen molar-refractivity contribution in [2.24, 2.45) is 28.6 Å². The Balaban J connectivity index is 1.55. The molecule has 0 amide bonds. The average Bonchev–Trinajstić information content (AvgIpc) is 3.23. The molecule has 5 heteroatoms. The quantitative estimate of drug-likeness (QED) is 0.448. The number of thioether (sulfide) groups is 1. The highest BCUT2D eigenvalue weighted by Crippen LogP contribution is 2.70. The number of hydrogen-bond acceptors (Lipinski definition) is 5. The lowest BCUT2D eigenvalue weighted by Gasteiger charge is -2.61. The van der Waals surface area contributed by atoms with Crippen molar-refractivity contribution in [3.05, 3.63) is 11.6 Å². The Labute approximate surface area is 181 Å². The first-order valence-electron chi connectivity index (χ1n) is 12.6. The van der Waals surface area contributed by atoms with Gasteiger partial charge in [-0.25, -0.2) is 0 Å². The minimum atomic E-state index is -2.63. The van der Waals surface area contributed by atoms with Gasteiger partial charge in [0.15, 0.2) is 10.9 Å². The fraction of sp³-hybridized carbons (Fsp3) is 0.792. The smallest absolute Gasteiger partial charge is 0.306 e. The summed E-state index contributed by atoms with van der Waals surface area (Å²) in [6.07, 6.45) is 8.71. The number of ketones is 1. The van der Waals surface area contributed by atoms with Crippen LogP contribution < -0.4 is 0 Å². The fourth-order valence-corrected chi connectivity index (χ4v) is 9.13. The molecule has 1 heterocycles. The second-order valence-electron chi connectivity index (χ2n) is 10.5. The molecule has 3 saturated carbocycles. The van der Waals surface area contributed by atoms with Gasteiger partial charge in [0.25, 0.3) is 0 Å². The van der Waals surface area contributed by atoms with Crippen molar-refractivity contribution in [3.8, 4) is 0 Å². The van der Waals surface area contributed by atoms with E-state index in [1.165, 1.54) is 0 Å². The van der Waals surface area contributed by atoms with Gasteiger partial charge in [-0.1, -0.05) is 31.2 Å². The van der Waals surface area contributed by atoms with E-state index in [1.807, 2.05) is 0 Å². The summed E-state index contributed by atoms with van der Waals surface area (Å²) in [6, 6.07) is 0. The van der Waals surface area contributed by atoms with Gasteiger partial charge in [0, 0.05) is 34.5 Å². The molecule has 5 rings (SSSR count). The van der Waals surface area contributed by atoms with Crippen molar-refractivity contribution in [1.82, 2.24) is 0 Å². The summed E-state index contributed by atoms with van der Waals surface area (Å²) < 4.78 is 28.9. The third kappa shape index (κ3) is 2.68. The zero-order valence-corrected chi connectivity index (χ0v) is 18.1. The molecule has 158 valence electrons. The normalized spacial score (nSPS) is 50.6. The Bertz CT molecular complexity index is 913. The fourth-order valence-electron chi connectivity index (χ4n) is 8.05. The van der Waals surface area contributed by atoms with Crippen molar-refractivity contribution in [2.45, 2.75) is 89.3 Å². The monoisotopic (exact) mass is 420 g/mol. The highest BCUT2D eigenvalue weighted by atomic mass is 32.2. The van der Waals surface area contributed by atoms with Crippen LogP contribution in [0.3, 0.4) is 0 Å². The van der Waals surface area contributed by atoms with Gasteiger partial charge in [-0.2, -0.15) is 0 Å². The number of esters is 1. The van der Waals surface area contributed by atoms with Crippen LogP contribution in [0.25, 0.3) is 0 Å². The predicted molar refractivity (Wildman–Crippen MR) is 112 cm³/mol. The lowest BCUT2D eigenvalue weighted by atomic mass is 9.46. The second kappa shape index (κ2) is 6.45. The molecule has 4 fully saturated rings. The van der Waals surface area contributed by atoms with E-state index < -0.39 is 17.6 Å². The Morgan fingerprint density at radius 1 is 1.14 bits per heavy atom. The summed E-state index contributed by atoms with van der Waals surface area (Å²) in [6.45, 7) is 1.91. The zero-order valence-electron chi connectivity index (χ0n) is 20.3. The molecule has 0 aromatic heterocycles. The minimum Gasteiger partial charge on any atom is -0.458 e. The van der Waals surface area contributed by atoms with Crippen LogP contribution in [0, 0.1) is 28.6 Å².